The number of benzene rings is 1. The van der Waals surface area contributed by atoms with Gasteiger partial charge in [-0.2, -0.15) is 0 Å². The van der Waals surface area contributed by atoms with E-state index in [1.807, 2.05) is 42.7 Å². The molecule has 0 unspecified atom stereocenters. The first-order valence-electron chi connectivity index (χ1n) is 10.6. The van der Waals surface area contributed by atoms with Crippen LogP contribution in [0.4, 0.5) is 0 Å². The number of aryl methyl sites for hydroxylation is 2. The van der Waals surface area contributed by atoms with Crippen LogP contribution in [-0.4, -0.2) is 15.5 Å². The third-order valence-corrected chi connectivity index (χ3v) is 6.59. The molecular formula is C25H24N2O2. The molecule has 3 heterocycles. The van der Waals surface area contributed by atoms with Gasteiger partial charge in [0.1, 0.15) is 17.3 Å². The molecule has 0 spiro atoms. The first-order valence-corrected chi connectivity index (χ1v) is 10.6. The zero-order chi connectivity index (χ0) is 19.9. The van der Waals surface area contributed by atoms with E-state index >= 15 is 0 Å². The number of fused-ring (bicyclic) bond motifs is 3. The van der Waals surface area contributed by atoms with Gasteiger partial charge in [0.15, 0.2) is 0 Å². The van der Waals surface area contributed by atoms with Crippen molar-refractivity contribution in [2.24, 2.45) is 11.8 Å². The third-order valence-electron chi connectivity index (χ3n) is 6.59. The minimum Gasteiger partial charge on any atom is -0.466 e. The summed E-state index contributed by atoms with van der Waals surface area (Å²) >= 11 is 0. The Kier molecular flexibility index (Phi) is 3.41. The van der Waals surface area contributed by atoms with Crippen molar-refractivity contribution >= 4 is 28.1 Å². The fraction of sp³-hybridized carbons (Fsp3) is 0.360. The van der Waals surface area contributed by atoms with Crippen molar-refractivity contribution in [3.63, 3.8) is 0 Å². The summed E-state index contributed by atoms with van der Waals surface area (Å²) in [5, 5.41) is 0. The zero-order valence-corrected chi connectivity index (χ0v) is 17.1. The van der Waals surface area contributed by atoms with Crippen LogP contribution >= 0.6 is 0 Å². The van der Waals surface area contributed by atoms with Crippen molar-refractivity contribution < 1.29 is 9.21 Å². The molecule has 146 valence electrons. The first kappa shape index (κ1) is 17.0. The molecule has 3 aliphatic rings. The van der Waals surface area contributed by atoms with Crippen molar-refractivity contribution in [1.82, 2.24) is 9.55 Å². The summed E-state index contributed by atoms with van der Waals surface area (Å²) in [5.74, 6) is 3.84. The minimum absolute atomic E-state index is 0.106. The lowest BCUT2D eigenvalue weighted by molar-refractivity contribution is 0.0970. The van der Waals surface area contributed by atoms with Gasteiger partial charge in [0, 0.05) is 11.1 Å². The molecule has 4 heteroatoms. The molecule has 2 saturated carbocycles. The van der Waals surface area contributed by atoms with Gasteiger partial charge in [0.05, 0.1) is 16.6 Å². The number of imidazole rings is 1. The summed E-state index contributed by atoms with van der Waals surface area (Å²) < 4.78 is 7.67. The predicted molar refractivity (Wildman–Crippen MR) is 114 cm³/mol. The predicted octanol–water partition coefficient (Wildman–Crippen LogP) is 5.95. The van der Waals surface area contributed by atoms with Gasteiger partial charge in [-0.15, -0.1) is 0 Å². The van der Waals surface area contributed by atoms with E-state index in [4.69, 9.17) is 9.40 Å². The number of rotatable bonds is 3. The summed E-state index contributed by atoms with van der Waals surface area (Å²) in [7, 11) is 0. The Balaban J connectivity index is 1.70. The SMILES string of the molecule is C/C(=C1\C(=C(C2CC2)C2CC2)C(=O)n2c1nc1ccccc12)c1cc(C)oc1C. The molecule has 0 atom stereocenters. The first-order chi connectivity index (χ1) is 14.0. The minimum atomic E-state index is 0.106. The molecule has 2 aromatic heterocycles. The number of aromatic nitrogens is 2. The van der Waals surface area contributed by atoms with E-state index in [2.05, 4.69) is 13.0 Å². The van der Waals surface area contributed by atoms with Crippen LogP contribution in [0.5, 0.6) is 0 Å². The monoisotopic (exact) mass is 384 g/mol. The van der Waals surface area contributed by atoms with Gasteiger partial charge >= 0.3 is 0 Å². The number of hydrogen-bond donors (Lipinski definition) is 0. The van der Waals surface area contributed by atoms with Crippen LogP contribution in [0.2, 0.25) is 0 Å². The number of hydrogen-bond acceptors (Lipinski definition) is 3. The van der Waals surface area contributed by atoms with Crippen molar-refractivity contribution in [1.29, 1.82) is 0 Å². The Hall–Kier alpha value is -2.88. The number of carbonyl (C=O) groups is 1. The number of carbonyl (C=O) groups excluding carboxylic acids is 1. The molecule has 29 heavy (non-hydrogen) atoms. The fourth-order valence-electron chi connectivity index (χ4n) is 5.02. The van der Waals surface area contributed by atoms with Crippen LogP contribution in [0.15, 0.2) is 45.9 Å². The molecule has 0 N–H and O–H groups in total. The highest BCUT2D eigenvalue weighted by Gasteiger charge is 2.45. The summed E-state index contributed by atoms with van der Waals surface area (Å²) in [6, 6.07) is 10.0. The molecule has 1 aliphatic heterocycles. The lowest BCUT2D eigenvalue weighted by Gasteiger charge is -2.12. The van der Waals surface area contributed by atoms with Crippen molar-refractivity contribution in [2.45, 2.75) is 46.5 Å². The number of nitrogens with zero attached hydrogens (tertiary/aromatic N) is 2. The van der Waals surface area contributed by atoms with E-state index < -0.39 is 0 Å². The smallest absolute Gasteiger partial charge is 0.264 e. The van der Waals surface area contributed by atoms with Crippen molar-refractivity contribution in [2.75, 3.05) is 0 Å². The zero-order valence-electron chi connectivity index (χ0n) is 17.1. The second-order valence-electron chi connectivity index (χ2n) is 8.77. The highest BCUT2D eigenvalue weighted by Crippen LogP contribution is 2.54. The third kappa shape index (κ3) is 2.44. The van der Waals surface area contributed by atoms with E-state index in [1.165, 1.54) is 31.3 Å². The van der Waals surface area contributed by atoms with E-state index in [0.29, 0.717) is 11.8 Å². The summed E-state index contributed by atoms with van der Waals surface area (Å²) in [6.45, 7) is 6.09. The van der Waals surface area contributed by atoms with Crippen LogP contribution in [0, 0.1) is 25.7 Å². The van der Waals surface area contributed by atoms with Crippen LogP contribution in [0.3, 0.4) is 0 Å². The quantitative estimate of drug-likeness (QED) is 0.525. The van der Waals surface area contributed by atoms with Crippen LogP contribution in [0.25, 0.3) is 22.2 Å². The average Bonchev–Trinajstić information content (AvgIpc) is 3.61. The second-order valence-corrected chi connectivity index (χ2v) is 8.77. The molecule has 3 aromatic rings. The normalized spacial score (nSPS) is 20.5. The maximum Gasteiger partial charge on any atom is 0.264 e. The van der Waals surface area contributed by atoms with E-state index in [1.54, 1.807) is 0 Å². The lowest BCUT2D eigenvalue weighted by atomic mass is 9.89. The maximum atomic E-state index is 13.8. The Labute approximate surface area is 169 Å². The number of allylic oxidation sites excluding steroid dienone is 4. The Bertz CT molecular complexity index is 1250. The van der Waals surface area contributed by atoms with Gasteiger partial charge in [0.2, 0.25) is 0 Å². The van der Waals surface area contributed by atoms with Crippen LogP contribution in [-0.2, 0) is 0 Å². The van der Waals surface area contributed by atoms with Gasteiger partial charge in [-0.05, 0) is 82.1 Å². The summed E-state index contributed by atoms with van der Waals surface area (Å²) in [6.07, 6.45) is 4.84. The Morgan fingerprint density at radius 1 is 1.07 bits per heavy atom. The summed E-state index contributed by atoms with van der Waals surface area (Å²) in [4.78, 5) is 18.7. The fourth-order valence-corrected chi connectivity index (χ4v) is 5.02. The molecule has 0 radical (unpaired) electrons. The maximum absolute atomic E-state index is 13.8. The molecule has 0 amide bonds. The van der Waals surface area contributed by atoms with Crippen LogP contribution in [0.1, 0.15) is 60.3 Å². The molecule has 2 fully saturated rings. The molecule has 2 aliphatic carbocycles. The average molecular weight is 384 g/mol. The topological polar surface area (TPSA) is 48.0 Å². The van der Waals surface area contributed by atoms with Gasteiger partial charge in [-0.25, -0.2) is 4.98 Å². The lowest BCUT2D eigenvalue weighted by Crippen LogP contribution is -2.10. The van der Waals surface area contributed by atoms with E-state index in [0.717, 1.165) is 50.7 Å². The standard InChI is InChI=1S/C25H24N2O2/c1-13-12-18(15(3)29-13)14(2)21-23(22(16-8-9-16)17-10-11-17)25(28)27-20-7-5-4-6-19(20)26-24(21)27/h4-7,12,16-17H,8-11H2,1-3H3/b21-14-. The van der Waals surface area contributed by atoms with Crippen LogP contribution < -0.4 is 0 Å². The summed E-state index contributed by atoms with van der Waals surface area (Å²) in [5.41, 5.74) is 7.29. The second kappa shape index (κ2) is 5.82. The Morgan fingerprint density at radius 2 is 1.76 bits per heavy atom. The molecule has 4 nitrogen and oxygen atoms in total. The van der Waals surface area contributed by atoms with E-state index in [-0.39, 0.29) is 5.91 Å². The molecule has 6 rings (SSSR count). The molecule has 1 aromatic carbocycles. The molecule has 0 saturated heterocycles. The van der Waals surface area contributed by atoms with Crippen molar-refractivity contribution in [3.05, 3.63) is 64.4 Å². The van der Waals surface area contributed by atoms with Gasteiger partial charge in [-0.3, -0.25) is 9.36 Å². The van der Waals surface area contributed by atoms with Crippen molar-refractivity contribution in [3.8, 4) is 0 Å². The number of para-hydroxylation sites is 2. The van der Waals surface area contributed by atoms with Gasteiger partial charge < -0.3 is 4.42 Å². The number of furan rings is 1. The molecule has 0 bridgehead atoms. The largest absolute Gasteiger partial charge is 0.466 e. The molecular weight excluding hydrogens is 360 g/mol. The van der Waals surface area contributed by atoms with Gasteiger partial charge in [0.25, 0.3) is 5.91 Å². The highest BCUT2D eigenvalue weighted by molar-refractivity contribution is 6.23. The van der Waals surface area contributed by atoms with Gasteiger partial charge in [-0.1, -0.05) is 17.7 Å². The Morgan fingerprint density at radius 3 is 2.38 bits per heavy atom. The highest BCUT2D eigenvalue weighted by atomic mass is 16.3. The van der Waals surface area contributed by atoms with E-state index in [9.17, 15) is 4.79 Å².